The Balaban J connectivity index is 1.54. The van der Waals surface area contributed by atoms with Crippen molar-refractivity contribution in [3.8, 4) is 5.75 Å². The standard InChI is InChI=1S/C25H29N5O3/c1-26-24(31)22-18-28(16-19-7-4-3-5-8-19)13-14-30(22)25(32)20-9-10-23(33-2)21(15-20)17-29-12-6-11-27-29/h3-12,15,22H,13-14,16-18H2,1-2H3,(H,26,31)/t22-/m1/s1. The fraction of sp³-hybridized carbons (Fsp3) is 0.320. The largest absolute Gasteiger partial charge is 0.496 e. The lowest BCUT2D eigenvalue weighted by Gasteiger charge is -2.40. The number of nitrogens with one attached hydrogen (secondary N) is 1. The first-order valence-electron chi connectivity index (χ1n) is 11.0. The molecule has 172 valence electrons. The van der Waals surface area contributed by atoms with Crippen molar-refractivity contribution in [1.29, 1.82) is 0 Å². The fourth-order valence-corrected chi connectivity index (χ4v) is 4.23. The summed E-state index contributed by atoms with van der Waals surface area (Å²) in [6.45, 7) is 2.89. The number of methoxy groups -OCH3 is 1. The number of amides is 2. The number of carbonyl (C=O) groups excluding carboxylic acids is 2. The minimum atomic E-state index is -0.559. The number of hydrogen-bond acceptors (Lipinski definition) is 5. The van der Waals surface area contributed by atoms with E-state index in [1.54, 1.807) is 42.1 Å². The lowest BCUT2D eigenvalue weighted by Crippen LogP contribution is -2.60. The highest BCUT2D eigenvalue weighted by Gasteiger charge is 2.35. The van der Waals surface area contributed by atoms with Crippen molar-refractivity contribution < 1.29 is 14.3 Å². The summed E-state index contributed by atoms with van der Waals surface area (Å²) in [6.07, 6.45) is 3.58. The SMILES string of the molecule is CNC(=O)[C@H]1CN(Cc2ccccc2)CCN1C(=O)c1ccc(OC)c(Cn2cccn2)c1. The molecule has 4 rings (SSSR count). The van der Waals surface area contributed by atoms with E-state index in [2.05, 4.69) is 27.4 Å². The van der Waals surface area contributed by atoms with E-state index < -0.39 is 6.04 Å². The summed E-state index contributed by atoms with van der Waals surface area (Å²) in [5.41, 5.74) is 2.57. The molecule has 0 radical (unpaired) electrons. The third kappa shape index (κ3) is 5.23. The van der Waals surface area contributed by atoms with Crippen molar-refractivity contribution in [3.63, 3.8) is 0 Å². The number of rotatable bonds is 7. The Kier molecular flexibility index (Phi) is 7.04. The summed E-state index contributed by atoms with van der Waals surface area (Å²) in [5, 5.41) is 6.97. The second-order valence-corrected chi connectivity index (χ2v) is 8.08. The van der Waals surface area contributed by atoms with Gasteiger partial charge in [0.25, 0.3) is 5.91 Å². The van der Waals surface area contributed by atoms with Gasteiger partial charge in [-0.1, -0.05) is 30.3 Å². The monoisotopic (exact) mass is 447 g/mol. The average Bonchev–Trinajstić information content (AvgIpc) is 3.37. The highest BCUT2D eigenvalue weighted by Crippen LogP contribution is 2.23. The molecular formula is C25H29N5O3. The van der Waals surface area contributed by atoms with Gasteiger partial charge in [0.2, 0.25) is 5.91 Å². The minimum Gasteiger partial charge on any atom is -0.496 e. The lowest BCUT2D eigenvalue weighted by atomic mass is 10.0. The molecule has 1 saturated heterocycles. The summed E-state index contributed by atoms with van der Waals surface area (Å²) >= 11 is 0. The Labute approximate surface area is 193 Å². The van der Waals surface area contributed by atoms with Gasteiger partial charge in [-0.25, -0.2) is 0 Å². The molecule has 3 aromatic rings. The Morgan fingerprint density at radius 1 is 1.09 bits per heavy atom. The molecule has 8 nitrogen and oxygen atoms in total. The van der Waals surface area contributed by atoms with E-state index in [-0.39, 0.29) is 11.8 Å². The van der Waals surface area contributed by atoms with Crippen molar-refractivity contribution in [2.75, 3.05) is 33.8 Å². The van der Waals surface area contributed by atoms with Gasteiger partial charge in [-0.15, -0.1) is 0 Å². The highest BCUT2D eigenvalue weighted by atomic mass is 16.5. The summed E-state index contributed by atoms with van der Waals surface area (Å²) in [5.74, 6) is 0.372. The molecule has 1 atom stereocenters. The quantitative estimate of drug-likeness (QED) is 0.600. The van der Waals surface area contributed by atoms with Gasteiger partial charge in [0.15, 0.2) is 0 Å². The first-order valence-corrected chi connectivity index (χ1v) is 11.0. The lowest BCUT2D eigenvalue weighted by molar-refractivity contribution is -0.127. The molecule has 1 N–H and O–H groups in total. The third-order valence-corrected chi connectivity index (χ3v) is 5.94. The van der Waals surface area contributed by atoms with Crippen molar-refractivity contribution in [1.82, 2.24) is 24.9 Å². The summed E-state index contributed by atoms with van der Waals surface area (Å²) in [7, 11) is 3.22. The first-order chi connectivity index (χ1) is 16.1. The number of hydrogen-bond donors (Lipinski definition) is 1. The van der Waals surface area contributed by atoms with Crippen LogP contribution >= 0.6 is 0 Å². The molecule has 1 aliphatic heterocycles. The van der Waals surface area contributed by atoms with Crippen LogP contribution in [-0.2, 0) is 17.9 Å². The van der Waals surface area contributed by atoms with Gasteiger partial charge in [0.05, 0.1) is 13.7 Å². The molecule has 2 amide bonds. The molecule has 0 spiro atoms. The van der Waals surface area contributed by atoms with Crippen LogP contribution in [0.4, 0.5) is 0 Å². The molecule has 0 saturated carbocycles. The van der Waals surface area contributed by atoms with E-state index in [4.69, 9.17) is 4.74 Å². The van der Waals surface area contributed by atoms with Crippen LogP contribution in [0.3, 0.4) is 0 Å². The molecule has 0 aliphatic carbocycles. The van der Waals surface area contributed by atoms with Gasteiger partial charge in [-0.3, -0.25) is 19.2 Å². The second-order valence-electron chi connectivity index (χ2n) is 8.08. The Morgan fingerprint density at radius 3 is 2.61 bits per heavy atom. The topological polar surface area (TPSA) is 79.7 Å². The maximum absolute atomic E-state index is 13.5. The van der Waals surface area contributed by atoms with E-state index in [9.17, 15) is 9.59 Å². The summed E-state index contributed by atoms with van der Waals surface area (Å²) in [4.78, 5) is 30.1. The zero-order valence-electron chi connectivity index (χ0n) is 19.0. The highest BCUT2D eigenvalue weighted by molar-refractivity contribution is 5.98. The Bertz CT molecular complexity index is 1080. The number of carbonyl (C=O) groups is 2. The smallest absolute Gasteiger partial charge is 0.254 e. The summed E-state index contributed by atoms with van der Waals surface area (Å²) in [6, 6.07) is 16.8. The predicted molar refractivity (Wildman–Crippen MR) is 125 cm³/mol. The number of likely N-dealkylation sites (N-methyl/N-ethyl adjacent to an activating group) is 1. The van der Waals surface area contributed by atoms with E-state index in [0.29, 0.717) is 37.5 Å². The summed E-state index contributed by atoms with van der Waals surface area (Å²) < 4.78 is 7.26. The van der Waals surface area contributed by atoms with E-state index in [1.165, 1.54) is 5.56 Å². The Hall–Kier alpha value is -3.65. The van der Waals surface area contributed by atoms with Crippen LogP contribution in [0.25, 0.3) is 0 Å². The van der Waals surface area contributed by atoms with Crippen LogP contribution in [0.15, 0.2) is 67.0 Å². The number of aromatic nitrogens is 2. The van der Waals surface area contributed by atoms with Gasteiger partial charge in [-0.05, 0) is 29.8 Å². The van der Waals surface area contributed by atoms with E-state index in [1.807, 2.05) is 36.5 Å². The van der Waals surface area contributed by atoms with Crippen LogP contribution in [0.5, 0.6) is 5.75 Å². The first kappa shape index (κ1) is 22.5. The molecule has 0 bridgehead atoms. The molecule has 1 aromatic heterocycles. The van der Waals surface area contributed by atoms with Crippen LogP contribution < -0.4 is 10.1 Å². The fourth-order valence-electron chi connectivity index (χ4n) is 4.23. The van der Waals surface area contributed by atoms with Crippen molar-refractivity contribution in [3.05, 3.63) is 83.7 Å². The minimum absolute atomic E-state index is 0.160. The van der Waals surface area contributed by atoms with Crippen LogP contribution in [0, 0.1) is 0 Å². The molecule has 33 heavy (non-hydrogen) atoms. The van der Waals surface area contributed by atoms with Crippen LogP contribution in [0.2, 0.25) is 0 Å². The maximum Gasteiger partial charge on any atom is 0.254 e. The molecule has 0 unspecified atom stereocenters. The molecule has 2 heterocycles. The molecule has 8 heteroatoms. The molecular weight excluding hydrogens is 418 g/mol. The molecule has 1 fully saturated rings. The molecule has 1 aliphatic rings. The van der Waals surface area contributed by atoms with E-state index in [0.717, 1.165) is 12.1 Å². The van der Waals surface area contributed by atoms with Crippen molar-refractivity contribution in [2.45, 2.75) is 19.1 Å². The van der Waals surface area contributed by atoms with Gasteiger partial charge in [0.1, 0.15) is 11.8 Å². The van der Waals surface area contributed by atoms with Crippen LogP contribution in [-0.4, -0.2) is 71.2 Å². The van der Waals surface area contributed by atoms with Crippen LogP contribution in [0.1, 0.15) is 21.5 Å². The number of benzene rings is 2. The number of ether oxygens (including phenoxy) is 1. The normalized spacial score (nSPS) is 16.4. The van der Waals surface area contributed by atoms with Gasteiger partial charge in [-0.2, -0.15) is 5.10 Å². The second kappa shape index (κ2) is 10.3. The predicted octanol–water partition coefficient (Wildman–Crippen LogP) is 2.01. The zero-order chi connectivity index (χ0) is 23.2. The number of nitrogens with zero attached hydrogens (tertiary/aromatic N) is 4. The van der Waals surface area contributed by atoms with Gasteiger partial charge >= 0.3 is 0 Å². The van der Waals surface area contributed by atoms with E-state index >= 15 is 0 Å². The van der Waals surface area contributed by atoms with Gasteiger partial charge < -0.3 is 15.0 Å². The zero-order valence-corrected chi connectivity index (χ0v) is 19.0. The molecule has 2 aromatic carbocycles. The Morgan fingerprint density at radius 2 is 1.91 bits per heavy atom. The van der Waals surface area contributed by atoms with Crippen molar-refractivity contribution >= 4 is 11.8 Å². The number of piperazine rings is 1. The average molecular weight is 448 g/mol. The van der Waals surface area contributed by atoms with Gasteiger partial charge in [0, 0.05) is 56.7 Å². The maximum atomic E-state index is 13.5. The van der Waals surface area contributed by atoms with Crippen molar-refractivity contribution in [2.24, 2.45) is 0 Å². The third-order valence-electron chi connectivity index (χ3n) is 5.94.